The van der Waals surface area contributed by atoms with Crippen molar-refractivity contribution in [2.75, 3.05) is 54.0 Å². The standard InChI is InChI=1S/C18H36N4O.HI/c1-19-17(20-14-16-6-11-22(2)12-7-16)21-15-18(10-13-23-3)8-4-5-9-18;/h16H,4-15H2,1-3H3,(H2,19,20,21);1H. The second-order valence-electron chi connectivity index (χ2n) is 7.50. The Bertz CT molecular complexity index is 364. The third-order valence-corrected chi connectivity index (χ3v) is 5.75. The van der Waals surface area contributed by atoms with Gasteiger partial charge >= 0.3 is 0 Å². The van der Waals surface area contributed by atoms with Gasteiger partial charge in [-0.2, -0.15) is 0 Å². The van der Waals surface area contributed by atoms with E-state index in [1.165, 1.54) is 51.6 Å². The number of hydrogen-bond acceptors (Lipinski definition) is 3. The minimum absolute atomic E-state index is 0. The van der Waals surface area contributed by atoms with Crippen molar-refractivity contribution in [1.82, 2.24) is 15.5 Å². The van der Waals surface area contributed by atoms with Crippen molar-refractivity contribution >= 4 is 29.9 Å². The summed E-state index contributed by atoms with van der Waals surface area (Å²) in [4.78, 5) is 6.83. The van der Waals surface area contributed by atoms with E-state index in [4.69, 9.17) is 4.74 Å². The smallest absolute Gasteiger partial charge is 0.191 e. The number of nitrogens with one attached hydrogen (secondary N) is 2. The molecule has 1 saturated carbocycles. The van der Waals surface area contributed by atoms with Gasteiger partial charge in [0.15, 0.2) is 5.96 Å². The predicted octanol–water partition coefficient (Wildman–Crippen LogP) is 2.71. The molecule has 0 aromatic heterocycles. The van der Waals surface area contributed by atoms with Crippen molar-refractivity contribution in [1.29, 1.82) is 0 Å². The van der Waals surface area contributed by atoms with Crippen molar-refractivity contribution in [2.45, 2.75) is 44.9 Å². The number of hydrogen-bond donors (Lipinski definition) is 2. The predicted molar refractivity (Wildman–Crippen MR) is 112 cm³/mol. The molecule has 6 heteroatoms. The lowest BCUT2D eigenvalue weighted by atomic mass is 9.83. The van der Waals surface area contributed by atoms with Crippen LogP contribution in [0.5, 0.6) is 0 Å². The van der Waals surface area contributed by atoms with Gasteiger partial charge in [0.25, 0.3) is 0 Å². The summed E-state index contributed by atoms with van der Waals surface area (Å²) in [5.41, 5.74) is 0.404. The number of aliphatic imine (C=N–C) groups is 1. The number of nitrogens with zero attached hydrogens (tertiary/aromatic N) is 2. The molecule has 1 heterocycles. The maximum atomic E-state index is 5.32. The first-order chi connectivity index (χ1) is 11.2. The maximum absolute atomic E-state index is 5.32. The van der Waals surface area contributed by atoms with Crippen LogP contribution in [0.1, 0.15) is 44.9 Å². The Labute approximate surface area is 165 Å². The average molecular weight is 452 g/mol. The molecule has 0 amide bonds. The van der Waals surface area contributed by atoms with Gasteiger partial charge in [-0.25, -0.2) is 0 Å². The normalized spacial score (nSPS) is 22.2. The summed E-state index contributed by atoms with van der Waals surface area (Å²) in [5.74, 6) is 1.74. The Hall–Kier alpha value is -0.0800. The van der Waals surface area contributed by atoms with Crippen LogP contribution in [0.4, 0.5) is 0 Å². The molecular formula is C18H37IN4O. The van der Waals surface area contributed by atoms with E-state index in [9.17, 15) is 0 Å². The van der Waals surface area contributed by atoms with Gasteiger partial charge in [0.2, 0.25) is 0 Å². The van der Waals surface area contributed by atoms with Gasteiger partial charge in [0.05, 0.1) is 0 Å². The topological polar surface area (TPSA) is 48.9 Å². The third kappa shape index (κ3) is 7.04. The summed E-state index contributed by atoms with van der Waals surface area (Å²) in [6.45, 7) is 5.36. The number of rotatable bonds is 7. The molecule has 2 fully saturated rings. The molecule has 5 nitrogen and oxygen atoms in total. The zero-order valence-corrected chi connectivity index (χ0v) is 18.1. The molecule has 2 rings (SSSR count). The van der Waals surface area contributed by atoms with Crippen molar-refractivity contribution < 1.29 is 4.74 Å². The summed E-state index contributed by atoms with van der Waals surface area (Å²) in [5, 5.41) is 7.12. The number of ether oxygens (including phenoxy) is 1. The van der Waals surface area contributed by atoms with Crippen LogP contribution in [-0.2, 0) is 4.74 Å². The Morgan fingerprint density at radius 3 is 2.46 bits per heavy atom. The van der Waals surface area contributed by atoms with E-state index < -0.39 is 0 Å². The van der Waals surface area contributed by atoms with Crippen molar-refractivity contribution in [2.24, 2.45) is 16.3 Å². The Morgan fingerprint density at radius 1 is 1.21 bits per heavy atom. The highest BCUT2D eigenvalue weighted by atomic mass is 127. The highest BCUT2D eigenvalue weighted by Crippen LogP contribution is 2.40. The Morgan fingerprint density at radius 2 is 1.88 bits per heavy atom. The van der Waals surface area contributed by atoms with Crippen molar-refractivity contribution in [3.8, 4) is 0 Å². The monoisotopic (exact) mass is 452 g/mol. The van der Waals surface area contributed by atoms with Crippen LogP contribution in [0, 0.1) is 11.3 Å². The van der Waals surface area contributed by atoms with E-state index in [1.807, 2.05) is 7.05 Å². The fraction of sp³-hybridized carbons (Fsp3) is 0.944. The number of methoxy groups -OCH3 is 1. The molecule has 1 aliphatic heterocycles. The number of likely N-dealkylation sites (tertiary alicyclic amines) is 1. The van der Waals surface area contributed by atoms with E-state index in [0.717, 1.165) is 38.0 Å². The molecule has 1 aliphatic carbocycles. The zero-order chi connectivity index (χ0) is 16.5. The fourth-order valence-corrected chi connectivity index (χ4v) is 3.96. The number of halogens is 1. The van der Waals surface area contributed by atoms with Crippen LogP contribution in [0.2, 0.25) is 0 Å². The maximum Gasteiger partial charge on any atom is 0.191 e. The summed E-state index contributed by atoms with van der Waals surface area (Å²) in [6, 6.07) is 0. The third-order valence-electron chi connectivity index (χ3n) is 5.75. The molecule has 0 bridgehead atoms. The molecule has 1 saturated heterocycles. The highest BCUT2D eigenvalue weighted by Gasteiger charge is 2.33. The summed E-state index contributed by atoms with van der Waals surface area (Å²) in [6.07, 6.45) is 9.07. The van der Waals surface area contributed by atoms with Gasteiger partial charge < -0.3 is 20.3 Å². The lowest BCUT2D eigenvalue weighted by molar-refractivity contribution is 0.138. The van der Waals surface area contributed by atoms with Crippen molar-refractivity contribution in [3.63, 3.8) is 0 Å². The van der Waals surface area contributed by atoms with E-state index >= 15 is 0 Å². The minimum Gasteiger partial charge on any atom is -0.385 e. The second kappa shape index (κ2) is 11.5. The van der Waals surface area contributed by atoms with Gasteiger partial charge in [-0.15, -0.1) is 24.0 Å². The Balaban J connectivity index is 0.00000288. The van der Waals surface area contributed by atoms with E-state index in [-0.39, 0.29) is 24.0 Å². The lowest BCUT2D eigenvalue weighted by Crippen LogP contribution is -2.45. The Kier molecular flexibility index (Phi) is 10.5. The van der Waals surface area contributed by atoms with Crippen LogP contribution in [-0.4, -0.2) is 64.9 Å². The SMILES string of the molecule is CN=C(NCC1CCN(C)CC1)NCC1(CCOC)CCCC1.I. The number of piperidine rings is 1. The molecule has 24 heavy (non-hydrogen) atoms. The zero-order valence-electron chi connectivity index (χ0n) is 15.8. The molecule has 2 N–H and O–H groups in total. The highest BCUT2D eigenvalue weighted by molar-refractivity contribution is 14.0. The molecule has 2 aliphatic rings. The second-order valence-corrected chi connectivity index (χ2v) is 7.50. The lowest BCUT2D eigenvalue weighted by Gasteiger charge is -2.31. The molecule has 0 unspecified atom stereocenters. The first-order valence-electron chi connectivity index (χ1n) is 9.29. The summed E-state index contributed by atoms with van der Waals surface area (Å²) < 4.78 is 5.32. The van der Waals surface area contributed by atoms with E-state index in [2.05, 4.69) is 27.6 Å². The molecule has 0 aromatic rings. The quantitative estimate of drug-likeness (QED) is 0.354. The molecule has 0 atom stereocenters. The fourth-order valence-electron chi connectivity index (χ4n) is 3.96. The van der Waals surface area contributed by atoms with Gasteiger partial charge in [0, 0.05) is 33.9 Å². The van der Waals surface area contributed by atoms with Crippen LogP contribution in [0.25, 0.3) is 0 Å². The van der Waals surface area contributed by atoms with Crippen molar-refractivity contribution in [3.05, 3.63) is 0 Å². The summed E-state index contributed by atoms with van der Waals surface area (Å²) >= 11 is 0. The van der Waals surface area contributed by atoms with Crippen LogP contribution in [0.15, 0.2) is 4.99 Å². The first-order valence-corrected chi connectivity index (χ1v) is 9.29. The van der Waals surface area contributed by atoms with Gasteiger partial charge in [-0.1, -0.05) is 12.8 Å². The molecule has 0 aromatic carbocycles. The van der Waals surface area contributed by atoms with Crippen LogP contribution in [0.3, 0.4) is 0 Å². The molecular weight excluding hydrogens is 415 g/mol. The van der Waals surface area contributed by atoms with Gasteiger partial charge in [-0.3, -0.25) is 4.99 Å². The molecule has 0 radical (unpaired) electrons. The average Bonchev–Trinajstić information content (AvgIpc) is 3.04. The molecule has 142 valence electrons. The van der Waals surface area contributed by atoms with E-state index in [1.54, 1.807) is 7.11 Å². The van der Waals surface area contributed by atoms with Crippen LogP contribution < -0.4 is 10.6 Å². The van der Waals surface area contributed by atoms with E-state index in [0.29, 0.717) is 5.41 Å². The minimum atomic E-state index is 0. The van der Waals surface area contributed by atoms with Gasteiger partial charge in [0.1, 0.15) is 0 Å². The van der Waals surface area contributed by atoms with Crippen LogP contribution >= 0.6 is 24.0 Å². The summed E-state index contributed by atoms with van der Waals surface area (Å²) in [7, 11) is 5.89. The van der Waals surface area contributed by atoms with Gasteiger partial charge in [-0.05, 0) is 63.6 Å². The molecule has 0 spiro atoms. The number of guanidine groups is 1. The first kappa shape index (κ1) is 22.0. The largest absolute Gasteiger partial charge is 0.385 e.